The molecular weight excluding hydrogens is 234 g/mol. The van der Waals surface area contributed by atoms with E-state index in [9.17, 15) is 14.9 Å². The maximum absolute atomic E-state index is 11.7. The van der Waals surface area contributed by atoms with Crippen molar-refractivity contribution in [1.29, 1.82) is 0 Å². The molecular formula is C13H17NO4. The summed E-state index contributed by atoms with van der Waals surface area (Å²) in [4.78, 5) is 22.0. The first-order valence-electron chi connectivity index (χ1n) is 5.89. The zero-order chi connectivity index (χ0) is 13.5. The quantitative estimate of drug-likeness (QED) is 0.441. The van der Waals surface area contributed by atoms with E-state index in [1.54, 1.807) is 38.1 Å². The maximum atomic E-state index is 11.7. The Balaban J connectivity index is 2.91. The predicted molar refractivity (Wildman–Crippen MR) is 66.8 cm³/mol. The number of ether oxygens (including phenoxy) is 1. The van der Waals surface area contributed by atoms with Crippen LogP contribution in [0.15, 0.2) is 30.3 Å². The average molecular weight is 251 g/mol. The van der Waals surface area contributed by atoms with Gasteiger partial charge < -0.3 is 4.74 Å². The van der Waals surface area contributed by atoms with Gasteiger partial charge in [0, 0.05) is 4.92 Å². The molecule has 0 spiro atoms. The Kier molecular flexibility index (Phi) is 5.30. The van der Waals surface area contributed by atoms with Crippen molar-refractivity contribution in [1.82, 2.24) is 0 Å². The standard InChI is InChI=1S/C13H17NO4/c1-3-18-13(15)10(2)12(9-14(16)17)11-7-5-4-6-8-11/h4-8,10,12H,3,9H2,1-2H3. The summed E-state index contributed by atoms with van der Waals surface area (Å²) in [5.74, 6) is -1.38. The van der Waals surface area contributed by atoms with Crippen molar-refractivity contribution < 1.29 is 14.5 Å². The summed E-state index contributed by atoms with van der Waals surface area (Å²) in [6.07, 6.45) is 0. The molecule has 0 aromatic heterocycles. The molecule has 5 heteroatoms. The number of benzene rings is 1. The molecule has 0 aliphatic heterocycles. The molecule has 1 aromatic carbocycles. The molecule has 0 amide bonds. The molecule has 0 heterocycles. The summed E-state index contributed by atoms with van der Waals surface area (Å²) < 4.78 is 4.93. The van der Waals surface area contributed by atoms with Crippen LogP contribution in [0.1, 0.15) is 25.3 Å². The van der Waals surface area contributed by atoms with Crippen molar-refractivity contribution in [3.63, 3.8) is 0 Å². The molecule has 0 aliphatic carbocycles. The topological polar surface area (TPSA) is 69.4 Å². The van der Waals surface area contributed by atoms with Crippen LogP contribution in [-0.2, 0) is 9.53 Å². The maximum Gasteiger partial charge on any atom is 0.309 e. The van der Waals surface area contributed by atoms with E-state index < -0.39 is 22.7 Å². The lowest BCUT2D eigenvalue weighted by atomic mass is 9.87. The number of carbonyl (C=O) groups excluding carboxylic acids is 1. The van der Waals surface area contributed by atoms with E-state index in [-0.39, 0.29) is 13.2 Å². The zero-order valence-corrected chi connectivity index (χ0v) is 10.5. The normalized spacial score (nSPS) is 13.7. The number of nitro groups is 1. The monoisotopic (exact) mass is 251 g/mol. The van der Waals surface area contributed by atoms with Crippen LogP contribution < -0.4 is 0 Å². The molecule has 0 radical (unpaired) electrons. The van der Waals surface area contributed by atoms with Gasteiger partial charge in [0.2, 0.25) is 6.54 Å². The van der Waals surface area contributed by atoms with E-state index in [0.29, 0.717) is 0 Å². The van der Waals surface area contributed by atoms with Crippen LogP contribution >= 0.6 is 0 Å². The van der Waals surface area contributed by atoms with Crippen molar-refractivity contribution in [2.45, 2.75) is 19.8 Å². The van der Waals surface area contributed by atoms with Gasteiger partial charge in [0.1, 0.15) is 0 Å². The fourth-order valence-corrected chi connectivity index (χ4v) is 1.85. The van der Waals surface area contributed by atoms with Crippen LogP contribution in [-0.4, -0.2) is 24.0 Å². The van der Waals surface area contributed by atoms with E-state index in [0.717, 1.165) is 5.56 Å². The number of nitrogens with zero attached hydrogens (tertiary/aromatic N) is 1. The van der Waals surface area contributed by atoms with Crippen LogP contribution in [0.5, 0.6) is 0 Å². The molecule has 98 valence electrons. The fourth-order valence-electron chi connectivity index (χ4n) is 1.85. The number of hydrogen-bond acceptors (Lipinski definition) is 4. The van der Waals surface area contributed by atoms with Crippen molar-refractivity contribution in [2.75, 3.05) is 13.2 Å². The highest BCUT2D eigenvalue weighted by Gasteiger charge is 2.30. The Bertz CT molecular complexity index is 405. The molecule has 2 unspecified atom stereocenters. The van der Waals surface area contributed by atoms with Gasteiger partial charge in [-0.3, -0.25) is 14.9 Å². The van der Waals surface area contributed by atoms with Gasteiger partial charge in [0.15, 0.2) is 0 Å². The van der Waals surface area contributed by atoms with E-state index in [2.05, 4.69) is 0 Å². The van der Waals surface area contributed by atoms with Crippen LogP contribution in [0, 0.1) is 16.0 Å². The first kappa shape index (κ1) is 14.2. The summed E-state index contributed by atoms with van der Waals surface area (Å²) in [6.45, 7) is 3.39. The summed E-state index contributed by atoms with van der Waals surface area (Å²) in [5.41, 5.74) is 0.787. The minimum atomic E-state index is -0.530. The zero-order valence-electron chi connectivity index (χ0n) is 10.5. The van der Waals surface area contributed by atoms with Gasteiger partial charge >= 0.3 is 5.97 Å². The third-order valence-electron chi connectivity index (χ3n) is 2.84. The highest BCUT2D eigenvalue weighted by molar-refractivity contribution is 5.73. The van der Waals surface area contributed by atoms with Gasteiger partial charge in [0.05, 0.1) is 18.4 Å². The molecule has 0 saturated heterocycles. The number of hydrogen-bond donors (Lipinski definition) is 0. The van der Waals surface area contributed by atoms with Gasteiger partial charge in [-0.05, 0) is 12.5 Å². The number of esters is 1. The van der Waals surface area contributed by atoms with E-state index in [1.807, 2.05) is 6.07 Å². The van der Waals surface area contributed by atoms with Gasteiger partial charge in [0.25, 0.3) is 0 Å². The minimum Gasteiger partial charge on any atom is -0.466 e. The fraction of sp³-hybridized carbons (Fsp3) is 0.462. The Hall–Kier alpha value is -1.91. The second-order valence-electron chi connectivity index (χ2n) is 4.07. The average Bonchev–Trinajstić information content (AvgIpc) is 2.36. The van der Waals surface area contributed by atoms with Crippen molar-refractivity contribution in [2.24, 2.45) is 5.92 Å². The van der Waals surface area contributed by atoms with Crippen molar-refractivity contribution >= 4 is 5.97 Å². The van der Waals surface area contributed by atoms with Crippen LogP contribution in [0.2, 0.25) is 0 Å². The highest BCUT2D eigenvalue weighted by Crippen LogP contribution is 2.25. The van der Waals surface area contributed by atoms with Gasteiger partial charge in [-0.1, -0.05) is 37.3 Å². The molecule has 18 heavy (non-hydrogen) atoms. The Morgan fingerprint density at radius 1 is 1.39 bits per heavy atom. The summed E-state index contributed by atoms with van der Waals surface area (Å²) in [5, 5.41) is 10.7. The Labute approximate surface area is 106 Å². The third-order valence-corrected chi connectivity index (χ3v) is 2.84. The molecule has 1 aromatic rings. The van der Waals surface area contributed by atoms with Gasteiger partial charge in [-0.2, -0.15) is 0 Å². The first-order chi connectivity index (χ1) is 8.56. The predicted octanol–water partition coefficient (Wildman–Crippen LogP) is 2.25. The van der Waals surface area contributed by atoms with Crippen molar-refractivity contribution in [3.8, 4) is 0 Å². The largest absolute Gasteiger partial charge is 0.466 e. The van der Waals surface area contributed by atoms with E-state index in [4.69, 9.17) is 4.74 Å². The molecule has 0 bridgehead atoms. The summed E-state index contributed by atoms with van der Waals surface area (Å²) in [7, 11) is 0. The number of carbonyl (C=O) groups is 1. The Morgan fingerprint density at radius 3 is 2.50 bits per heavy atom. The molecule has 0 saturated carbocycles. The lowest BCUT2D eigenvalue weighted by molar-refractivity contribution is -0.484. The number of rotatable bonds is 6. The minimum absolute atomic E-state index is 0.274. The van der Waals surface area contributed by atoms with Crippen LogP contribution in [0.3, 0.4) is 0 Å². The summed E-state index contributed by atoms with van der Waals surface area (Å²) in [6, 6.07) is 9.04. The highest BCUT2D eigenvalue weighted by atomic mass is 16.6. The molecule has 0 fully saturated rings. The summed E-state index contributed by atoms with van der Waals surface area (Å²) >= 11 is 0. The van der Waals surface area contributed by atoms with Gasteiger partial charge in [-0.15, -0.1) is 0 Å². The van der Waals surface area contributed by atoms with Gasteiger partial charge in [-0.25, -0.2) is 0 Å². The second kappa shape index (κ2) is 6.74. The van der Waals surface area contributed by atoms with Crippen LogP contribution in [0.25, 0.3) is 0 Å². The van der Waals surface area contributed by atoms with Crippen LogP contribution in [0.4, 0.5) is 0 Å². The Morgan fingerprint density at radius 2 is 2.00 bits per heavy atom. The third kappa shape index (κ3) is 3.84. The van der Waals surface area contributed by atoms with E-state index >= 15 is 0 Å². The smallest absolute Gasteiger partial charge is 0.309 e. The lowest BCUT2D eigenvalue weighted by Gasteiger charge is -2.19. The second-order valence-corrected chi connectivity index (χ2v) is 4.07. The molecule has 0 aliphatic rings. The molecule has 2 atom stereocenters. The lowest BCUT2D eigenvalue weighted by Crippen LogP contribution is -2.27. The molecule has 5 nitrogen and oxygen atoms in total. The molecule has 0 N–H and O–H groups in total. The first-order valence-corrected chi connectivity index (χ1v) is 5.89. The molecule has 1 rings (SSSR count). The van der Waals surface area contributed by atoms with E-state index in [1.165, 1.54) is 0 Å². The SMILES string of the molecule is CCOC(=O)C(C)C(C[N+](=O)[O-])c1ccccc1. The van der Waals surface area contributed by atoms with Crippen molar-refractivity contribution in [3.05, 3.63) is 46.0 Å².